The number of esters is 1. The molecule has 6 nitrogen and oxygen atoms in total. The molecule has 1 amide bonds. The van der Waals surface area contributed by atoms with E-state index in [4.69, 9.17) is 14.2 Å². The van der Waals surface area contributed by atoms with E-state index in [1.54, 1.807) is 4.90 Å². The molecule has 6 heteroatoms. The molecule has 2 unspecified atom stereocenters. The van der Waals surface area contributed by atoms with Gasteiger partial charge in [0.2, 0.25) is 0 Å². The number of amides is 1. The van der Waals surface area contributed by atoms with Gasteiger partial charge in [-0.1, -0.05) is 30.3 Å². The number of likely N-dealkylation sites (tertiary alicyclic amines) is 1. The molecule has 0 N–H and O–H groups in total. The number of hydrogen-bond donors (Lipinski definition) is 0. The Morgan fingerprint density at radius 3 is 2.60 bits per heavy atom. The summed E-state index contributed by atoms with van der Waals surface area (Å²) in [6.07, 6.45) is 2.12. The summed E-state index contributed by atoms with van der Waals surface area (Å²) in [5, 5.41) is 0. The summed E-state index contributed by atoms with van der Waals surface area (Å²) in [5.41, 5.74) is -0.210. The summed E-state index contributed by atoms with van der Waals surface area (Å²) < 4.78 is 15.9. The first-order chi connectivity index (χ1) is 12.0. The van der Waals surface area contributed by atoms with Gasteiger partial charge in [-0.25, -0.2) is 9.59 Å². The minimum Gasteiger partial charge on any atom is -0.467 e. The van der Waals surface area contributed by atoms with E-state index in [0.717, 1.165) is 12.0 Å². The number of carbonyl (C=O) groups is 2. The second kappa shape index (κ2) is 7.04. The molecule has 0 spiro atoms. The maximum atomic E-state index is 12.7. The average Bonchev–Trinajstić information content (AvgIpc) is 3.21. The van der Waals surface area contributed by atoms with Crippen LogP contribution in [-0.4, -0.2) is 48.4 Å². The van der Waals surface area contributed by atoms with Crippen molar-refractivity contribution >= 4 is 12.1 Å². The van der Waals surface area contributed by atoms with Gasteiger partial charge in [0.15, 0.2) is 0 Å². The van der Waals surface area contributed by atoms with Crippen LogP contribution >= 0.6 is 0 Å². The van der Waals surface area contributed by atoms with Gasteiger partial charge in [-0.15, -0.1) is 0 Å². The van der Waals surface area contributed by atoms with Crippen molar-refractivity contribution in [3.63, 3.8) is 0 Å². The molecule has 3 rings (SSSR count). The highest BCUT2D eigenvalue weighted by Crippen LogP contribution is 2.40. The van der Waals surface area contributed by atoms with Gasteiger partial charge in [-0.3, -0.25) is 4.90 Å². The summed E-state index contributed by atoms with van der Waals surface area (Å²) >= 11 is 0. The third-order valence-corrected chi connectivity index (χ3v) is 5.18. The van der Waals surface area contributed by atoms with E-state index in [1.807, 2.05) is 37.3 Å². The Morgan fingerprint density at radius 2 is 1.96 bits per heavy atom. The minimum absolute atomic E-state index is 0.177. The van der Waals surface area contributed by atoms with E-state index in [0.29, 0.717) is 32.4 Å². The SMILES string of the molecule is COC(=O)C1(CCC2(C)CO2)CCCN1C(=O)OCc1ccccc1. The standard InChI is InChI=1S/C19H25NO5/c1-18(14-25-18)10-11-19(16(21)23-2)9-6-12-20(19)17(22)24-13-15-7-4-3-5-8-15/h3-5,7-8H,6,9-14H2,1-2H3. The van der Waals surface area contributed by atoms with Gasteiger partial charge in [0, 0.05) is 6.54 Å². The van der Waals surface area contributed by atoms with Crippen LogP contribution in [0.5, 0.6) is 0 Å². The molecule has 2 aliphatic rings. The first-order valence-electron chi connectivity index (χ1n) is 8.70. The molecule has 0 aromatic heterocycles. The molecule has 1 aromatic carbocycles. The maximum Gasteiger partial charge on any atom is 0.411 e. The number of ether oxygens (including phenoxy) is 3. The largest absolute Gasteiger partial charge is 0.467 e. The quantitative estimate of drug-likeness (QED) is 0.585. The number of carbonyl (C=O) groups excluding carboxylic acids is 2. The van der Waals surface area contributed by atoms with Gasteiger partial charge in [0.1, 0.15) is 12.1 Å². The van der Waals surface area contributed by atoms with Crippen molar-refractivity contribution in [2.75, 3.05) is 20.3 Å². The van der Waals surface area contributed by atoms with Gasteiger partial charge < -0.3 is 14.2 Å². The van der Waals surface area contributed by atoms with Crippen molar-refractivity contribution in [2.24, 2.45) is 0 Å². The lowest BCUT2D eigenvalue weighted by molar-refractivity contribution is -0.153. The number of hydrogen-bond acceptors (Lipinski definition) is 5. The Labute approximate surface area is 148 Å². The highest BCUT2D eigenvalue weighted by Gasteiger charge is 2.53. The lowest BCUT2D eigenvalue weighted by atomic mass is 9.87. The number of rotatable bonds is 6. The fraction of sp³-hybridized carbons (Fsp3) is 0.579. The summed E-state index contributed by atoms with van der Waals surface area (Å²) in [4.78, 5) is 26.8. The van der Waals surface area contributed by atoms with Crippen molar-refractivity contribution in [1.82, 2.24) is 4.90 Å². The Kier molecular flexibility index (Phi) is 4.99. The molecule has 0 saturated carbocycles. The molecule has 0 bridgehead atoms. The first kappa shape index (κ1) is 17.7. The maximum absolute atomic E-state index is 12.7. The molecule has 2 saturated heterocycles. The monoisotopic (exact) mass is 347 g/mol. The van der Waals surface area contributed by atoms with Crippen LogP contribution in [0.2, 0.25) is 0 Å². The van der Waals surface area contributed by atoms with Gasteiger partial charge in [0.05, 0.1) is 19.3 Å². The van der Waals surface area contributed by atoms with Gasteiger partial charge in [-0.2, -0.15) is 0 Å². The fourth-order valence-corrected chi connectivity index (χ4v) is 3.44. The first-order valence-corrected chi connectivity index (χ1v) is 8.70. The lowest BCUT2D eigenvalue weighted by Crippen LogP contribution is -2.54. The number of nitrogens with zero attached hydrogens (tertiary/aromatic N) is 1. The van der Waals surface area contributed by atoms with E-state index >= 15 is 0 Å². The summed E-state index contributed by atoms with van der Waals surface area (Å²) in [6, 6.07) is 9.50. The zero-order valence-electron chi connectivity index (χ0n) is 14.8. The van der Waals surface area contributed by atoms with E-state index in [1.165, 1.54) is 7.11 Å². The van der Waals surface area contributed by atoms with Gasteiger partial charge in [0.25, 0.3) is 0 Å². The van der Waals surface area contributed by atoms with E-state index < -0.39 is 11.6 Å². The van der Waals surface area contributed by atoms with Crippen LogP contribution < -0.4 is 0 Å². The number of methoxy groups -OCH3 is 1. The van der Waals surface area contributed by atoms with Gasteiger partial charge >= 0.3 is 12.1 Å². The summed E-state index contributed by atoms with van der Waals surface area (Å²) in [6.45, 7) is 3.41. The van der Waals surface area contributed by atoms with Crippen molar-refractivity contribution in [1.29, 1.82) is 0 Å². The molecule has 0 radical (unpaired) electrons. The van der Waals surface area contributed by atoms with Crippen LogP contribution in [0.15, 0.2) is 30.3 Å². The average molecular weight is 347 g/mol. The molecule has 2 atom stereocenters. The highest BCUT2D eigenvalue weighted by atomic mass is 16.6. The Balaban J connectivity index is 1.70. The van der Waals surface area contributed by atoms with E-state index in [-0.39, 0.29) is 18.2 Å². The highest BCUT2D eigenvalue weighted by molar-refractivity contribution is 5.86. The predicted octanol–water partition coefficient (Wildman–Crippen LogP) is 2.90. The third kappa shape index (κ3) is 3.79. The van der Waals surface area contributed by atoms with Gasteiger partial charge in [-0.05, 0) is 38.2 Å². The van der Waals surface area contributed by atoms with Crippen LogP contribution in [0.4, 0.5) is 4.79 Å². The Morgan fingerprint density at radius 1 is 1.24 bits per heavy atom. The molecule has 25 heavy (non-hydrogen) atoms. The molecule has 0 aliphatic carbocycles. The van der Waals surface area contributed by atoms with E-state index in [2.05, 4.69) is 0 Å². The van der Waals surface area contributed by atoms with Crippen LogP contribution in [0.3, 0.4) is 0 Å². The van der Waals surface area contributed by atoms with Crippen molar-refractivity contribution in [2.45, 2.75) is 50.4 Å². The topological polar surface area (TPSA) is 68.4 Å². The predicted molar refractivity (Wildman–Crippen MR) is 90.9 cm³/mol. The Hall–Kier alpha value is -2.08. The van der Waals surface area contributed by atoms with Crippen LogP contribution in [0.1, 0.15) is 38.2 Å². The molecule has 2 aliphatic heterocycles. The number of epoxide rings is 1. The van der Waals surface area contributed by atoms with Crippen LogP contribution in [0.25, 0.3) is 0 Å². The molecule has 136 valence electrons. The smallest absolute Gasteiger partial charge is 0.411 e. The van der Waals surface area contributed by atoms with Crippen molar-refractivity contribution in [3.05, 3.63) is 35.9 Å². The second-order valence-electron chi connectivity index (χ2n) is 7.06. The molecule has 2 heterocycles. The van der Waals surface area contributed by atoms with Crippen molar-refractivity contribution < 1.29 is 23.8 Å². The van der Waals surface area contributed by atoms with Crippen molar-refractivity contribution in [3.8, 4) is 0 Å². The lowest BCUT2D eigenvalue weighted by Gasteiger charge is -2.35. The summed E-state index contributed by atoms with van der Waals surface area (Å²) in [5.74, 6) is -0.370. The van der Waals surface area contributed by atoms with Crippen LogP contribution in [-0.2, 0) is 25.6 Å². The minimum atomic E-state index is -0.947. The zero-order valence-corrected chi connectivity index (χ0v) is 14.8. The molecule has 1 aromatic rings. The summed E-state index contributed by atoms with van der Waals surface area (Å²) in [7, 11) is 1.37. The molecular weight excluding hydrogens is 322 g/mol. The van der Waals surface area contributed by atoms with E-state index in [9.17, 15) is 9.59 Å². The normalized spacial score (nSPS) is 27.8. The second-order valence-corrected chi connectivity index (χ2v) is 7.06. The Bertz CT molecular complexity index is 628. The van der Waals surface area contributed by atoms with Crippen LogP contribution in [0, 0.1) is 0 Å². The third-order valence-electron chi connectivity index (χ3n) is 5.18. The molecule has 2 fully saturated rings. The zero-order chi connectivity index (χ0) is 17.9. The molecular formula is C19H25NO5. The number of benzene rings is 1. The fourth-order valence-electron chi connectivity index (χ4n) is 3.44.